The lowest BCUT2D eigenvalue weighted by Gasteiger charge is -2.36. The normalized spacial score (nSPS) is 17.5. The van der Waals surface area contributed by atoms with Gasteiger partial charge in [0.2, 0.25) is 0 Å². The van der Waals surface area contributed by atoms with Crippen molar-refractivity contribution in [2.45, 2.75) is 27.3 Å². The minimum absolute atomic E-state index is 0.211. The van der Waals surface area contributed by atoms with Crippen LogP contribution in [0, 0.1) is 5.92 Å². The summed E-state index contributed by atoms with van der Waals surface area (Å²) in [5, 5.41) is 0. The first-order valence-corrected chi connectivity index (χ1v) is 11.7. The summed E-state index contributed by atoms with van der Waals surface area (Å²) >= 11 is 0. The lowest BCUT2D eigenvalue weighted by atomic mass is 10.0. The van der Waals surface area contributed by atoms with Crippen LogP contribution in [-0.2, 0) is 16.1 Å². The zero-order valence-electron chi connectivity index (χ0n) is 19.7. The largest absolute Gasteiger partial charge is 0.493 e. The third-order valence-electron chi connectivity index (χ3n) is 6.07. The van der Waals surface area contributed by atoms with Crippen molar-refractivity contribution in [2.24, 2.45) is 5.92 Å². The monoisotopic (exact) mass is 448 g/mol. The molecule has 0 saturated carbocycles. The van der Waals surface area contributed by atoms with Gasteiger partial charge in [-0.1, -0.05) is 39.0 Å². The Balaban J connectivity index is 1.65. The van der Waals surface area contributed by atoms with Crippen molar-refractivity contribution < 1.29 is 14.3 Å². The highest BCUT2D eigenvalue weighted by atomic mass is 16.5. The maximum absolute atomic E-state index is 13.6. The van der Waals surface area contributed by atoms with E-state index in [-0.39, 0.29) is 18.4 Å². The van der Waals surface area contributed by atoms with Gasteiger partial charge in [-0.25, -0.2) is 0 Å². The van der Waals surface area contributed by atoms with Crippen molar-refractivity contribution in [2.75, 3.05) is 39.3 Å². The van der Waals surface area contributed by atoms with Crippen LogP contribution < -0.4 is 4.74 Å². The summed E-state index contributed by atoms with van der Waals surface area (Å²) in [5.74, 6) is 0.697. The first-order chi connectivity index (χ1) is 16.0. The number of carbonyl (C=O) groups excluding carboxylic acids is 2. The molecule has 1 fully saturated rings. The van der Waals surface area contributed by atoms with Gasteiger partial charge in [0.25, 0.3) is 11.8 Å². The number of pyridine rings is 1. The molecule has 1 saturated heterocycles. The van der Waals surface area contributed by atoms with Crippen molar-refractivity contribution in [3.63, 3.8) is 0 Å². The average Bonchev–Trinajstić information content (AvgIpc) is 3.08. The molecule has 174 valence electrons. The first-order valence-electron chi connectivity index (χ1n) is 11.7. The Morgan fingerprint density at radius 1 is 1.00 bits per heavy atom. The molecule has 0 atom stereocenters. The molecular formula is C26H32N4O3. The van der Waals surface area contributed by atoms with Crippen molar-refractivity contribution in [3.05, 3.63) is 65.6 Å². The smallest absolute Gasteiger partial charge is 0.278 e. The molecule has 0 unspecified atom stereocenters. The Bertz CT molecular complexity index is 1010. The predicted octanol–water partition coefficient (Wildman–Crippen LogP) is 3.03. The number of piperazine rings is 1. The molecule has 3 heterocycles. The van der Waals surface area contributed by atoms with Gasteiger partial charge in [0.15, 0.2) is 0 Å². The molecule has 7 nitrogen and oxygen atoms in total. The molecule has 0 bridgehead atoms. The summed E-state index contributed by atoms with van der Waals surface area (Å²) in [4.78, 5) is 37.0. The molecule has 2 amide bonds. The van der Waals surface area contributed by atoms with E-state index in [1.165, 1.54) is 4.90 Å². The maximum Gasteiger partial charge on any atom is 0.278 e. The zero-order valence-corrected chi connectivity index (χ0v) is 19.7. The molecule has 2 aromatic rings. The minimum Gasteiger partial charge on any atom is -0.493 e. The SMILES string of the molecule is CCN1CCN(C2=C(c3ccc(OCC(C)C)cc3)C(=O)N(Cc3cccnc3)C2=O)CC1. The predicted molar refractivity (Wildman–Crippen MR) is 127 cm³/mol. The molecular weight excluding hydrogens is 416 g/mol. The van der Waals surface area contributed by atoms with E-state index in [1.54, 1.807) is 12.4 Å². The van der Waals surface area contributed by atoms with Gasteiger partial charge in [0, 0.05) is 38.6 Å². The van der Waals surface area contributed by atoms with E-state index in [2.05, 4.69) is 35.6 Å². The second-order valence-electron chi connectivity index (χ2n) is 8.93. The van der Waals surface area contributed by atoms with Crippen LogP contribution in [0.3, 0.4) is 0 Å². The molecule has 33 heavy (non-hydrogen) atoms. The zero-order chi connectivity index (χ0) is 23.4. The van der Waals surface area contributed by atoms with Crippen LogP contribution in [0.5, 0.6) is 5.75 Å². The lowest BCUT2D eigenvalue weighted by Crippen LogP contribution is -2.47. The Morgan fingerprint density at radius 3 is 2.33 bits per heavy atom. The molecule has 2 aliphatic rings. The Kier molecular flexibility index (Phi) is 7.08. The third-order valence-corrected chi connectivity index (χ3v) is 6.07. The van der Waals surface area contributed by atoms with Gasteiger partial charge in [-0.05, 0) is 41.8 Å². The number of nitrogens with zero attached hydrogens (tertiary/aromatic N) is 4. The summed E-state index contributed by atoms with van der Waals surface area (Å²) in [6.07, 6.45) is 3.38. The van der Waals surface area contributed by atoms with Gasteiger partial charge >= 0.3 is 0 Å². The maximum atomic E-state index is 13.6. The summed E-state index contributed by atoms with van der Waals surface area (Å²) in [6.45, 7) is 11.4. The van der Waals surface area contributed by atoms with Gasteiger partial charge in [-0.3, -0.25) is 19.5 Å². The molecule has 0 spiro atoms. The first kappa shape index (κ1) is 23.0. The summed E-state index contributed by atoms with van der Waals surface area (Å²) in [7, 11) is 0. The topological polar surface area (TPSA) is 66.0 Å². The number of imide groups is 1. The number of aromatic nitrogens is 1. The van der Waals surface area contributed by atoms with Crippen LogP contribution in [0.25, 0.3) is 5.57 Å². The van der Waals surface area contributed by atoms with Crippen LogP contribution in [0.15, 0.2) is 54.5 Å². The van der Waals surface area contributed by atoms with Crippen LogP contribution in [-0.4, -0.2) is 70.8 Å². The van der Waals surface area contributed by atoms with Crippen molar-refractivity contribution >= 4 is 17.4 Å². The summed E-state index contributed by atoms with van der Waals surface area (Å²) in [6, 6.07) is 11.2. The molecule has 0 radical (unpaired) electrons. The highest BCUT2D eigenvalue weighted by molar-refractivity contribution is 6.35. The Morgan fingerprint density at radius 2 is 1.73 bits per heavy atom. The number of hydrogen-bond acceptors (Lipinski definition) is 6. The van der Waals surface area contributed by atoms with Crippen molar-refractivity contribution in [1.29, 1.82) is 0 Å². The van der Waals surface area contributed by atoms with Crippen LogP contribution in [0.2, 0.25) is 0 Å². The van der Waals surface area contributed by atoms with E-state index in [4.69, 9.17) is 4.74 Å². The molecule has 2 aliphatic heterocycles. The second-order valence-corrected chi connectivity index (χ2v) is 8.93. The highest BCUT2D eigenvalue weighted by Crippen LogP contribution is 2.34. The van der Waals surface area contributed by atoms with E-state index in [0.29, 0.717) is 23.8 Å². The van der Waals surface area contributed by atoms with Gasteiger partial charge < -0.3 is 14.5 Å². The van der Waals surface area contributed by atoms with E-state index < -0.39 is 0 Å². The van der Waals surface area contributed by atoms with Gasteiger partial charge in [-0.15, -0.1) is 0 Å². The average molecular weight is 449 g/mol. The molecule has 0 aliphatic carbocycles. The standard InChI is InChI=1S/C26H32N4O3/c1-4-28-12-14-29(15-13-28)24-23(21-7-9-22(10-8-21)33-18-19(2)3)25(31)30(26(24)32)17-20-6-5-11-27-16-20/h5-11,16,19H,4,12-15,17-18H2,1-3H3. The van der Waals surface area contributed by atoms with Gasteiger partial charge in [-0.2, -0.15) is 0 Å². The number of benzene rings is 1. The number of ether oxygens (including phenoxy) is 1. The molecule has 7 heteroatoms. The summed E-state index contributed by atoms with van der Waals surface area (Å²) in [5.41, 5.74) is 2.56. The van der Waals surface area contributed by atoms with Gasteiger partial charge in [0.1, 0.15) is 11.4 Å². The van der Waals surface area contributed by atoms with Crippen LogP contribution >= 0.6 is 0 Å². The quantitative estimate of drug-likeness (QED) is 0.579. The fraction of sp³-hybridized carbons (Fsp3) is 0.423. The number of likely N-dealkylation sites (N-methyl/N-ethyl adjacent to an activating group) is 1. The van der Waals surface area contributed by atoms with Crippen LogP contribution in [0.4, 0.5) is 0 Å². The van der Waals surface area contributed by atoms with Crippen LogP contribution in [0.1, 0.15) is 31.9 Å². The number of amides is 2. The third kappa shape index (κ3) is 5.09. The fourth-order valence-corrected chi connectivity index (χ4v) is 4.20. The van der Waals surface area contributed by atoms with Gasteiger partial charge in [0.05, 0.1) is 18.7 Å². The Hall–Kier alpha value is -3.19. The van der Waals surface area contributed by atoms with E-state index in [9.17, 15) is 9.59 Å². The number of rotatable bonds is 8. The highest BCUT2D eigenvalue weighted by Gasteiger charge is 2.42. The number of carbonyl (C=O) groups is 2. The molecule has 1 aromatic heterocycles. The summed E-state index contributed by atoms with van der Waals surface area (Å²) < 4.78 is 5.80. The molecule has 1 aromatic carbocycles. The van der Waals surface area contributed by atoms with E-state index >= 15 is 0 Å². The second kappa shape index (κ2) is 10.2. The van der Waals surface area contributed by atoms with E-state index in [0.717, 1.165) is 49.6 Å². The Labute approximate surface area is 195 Å². The molecule has 0 N–H and O–H groups in total. The lowest BCUT2D eigenvalue weighted by molar-refractivity contribution is -0.138. The minimum atomic E-state index is -0.257. The molecule has 4 rings (SSSR count). The van der Waals surface area contributed by atoms with Crippen molar-refractivity contribution in [1.82, 2.24) is 19.7 Å². The van der Waals surface area contributed by atoms with Crippen molar-refractivity contribution in [3.8, 4) is 5.75 Å². The number of hydrogen-bond donors (Lipinski definition) is 0. The fourth-order valence-electron chi connectivity index (χ4n) is 4.20. The van der Waals surface area contributed by atoms with E-state index in [1.807, 2.05) is 36.4 Å².